The van der Waals surface area contributed by atoms with E-state index in [1.807, 2.05) is 29.2 Å². The minimum absolute atomic E-state index is 0.262. The summed E-state index contributed by atoms with van der Waals surface area (Å²) in [5.74, 6) is 0. The van der Waals surface area contributed by atoms with Crippen LogP contribution in [0, 0.1) is 6.92 Å². The van der Waals surface area contributed by atoms with E-state index in [-0.39, 0.29) is 5.41 Å². The molecule has 7 nitrogen and oxygen atoms in total. The number of carbonyl (C=O) groups excluding carboxylic acids is 1. The van der Waals surface area contributed by atoms with Crippen molar-refractivity contribution in [3.63, 3.8) is 0 Å². The van der Waals surface area contributed by atoms with E-state index in [2.05, 4.69) is 16.0 Å². The third-order valence-electron chi connectivity index (χ3n) is 6.24. The maximum absolute atomic E-state index is 12.4. The number of nitrogens with zero attached hydrogens (tertiary/aromatic N) is 4. The molecular weight excluding hydrogens is 397 g/mol. The van der Waals surface area contributed by atoms with E-state index in [9.17, 15) is 18.0 Å². The van der Waals surface area contributed by atoms with Crippen molar-refractivity contribution in [1.29, 1.82) is 0 Å². The van der Waals surface area contributed by atoms with Crippen LogP contribution in [0.2, 0.25) is 0 Å². The van der Waals surface area contributed by atoms with Crippen LogP contribution in [0.25, 0.3) is 22.3 Å². The maximum atomic E-state index is 12.4. The van der Waals surface area contributed by atoms with Crippen molar-refractivity contribution in [2.75, 3.05) is 19.6 Å². The van der Waals surface area contributed by atoms with Crippen LogP contribution in [-0.2, 0) is 12.0 Å². The lowest BCUT2D eigenvalue weighted by Crippen LogP contribution is -2.43. The Hall–Kier alpha value is -3.04. The number of hydrogen-bond donors (Lipinski definition) is 2. The molecule has 1 fully saturated rings. The van der Waals surface area contributed by atoms with Crippen LogP contribution in [0.1, 0.15) is 24.1 Å². The van der Waals surface area contributed by atoms with Gasteiger partial charge in [0.15, 0.2) is 0 Å². The predicted molar refractivity (Wildman–Crippen MR) is 104 cm³/mol. The zero-order valence-corrected chi connectivity index (χ0v) is 16.4. The highest BCUT2D eigenvalue weighted by molar-refractivity contribution is 5.83. The fraction of sp³-hybridized carbons (Fsp3) is 0.450. The van der Waals surface area contributed by atoms with Crippen LogP contribution in [0.3, 0.4) is 0 Å². The van der Waals surface area contributed by atoms with Crippen molar-refractivity contribution in [3.8, 4) is 11.3 Å². The van der Waals surface area contributed by atoms with Gasteiger partial charge in [-0.2, -0.15) is 18.3 Å². The van der Waals surface area contributed by atoms with Crippen LogP contribution >= 0.6 is 0 Å². The second-order valence-corrected chi connectivity index (χ2v) is 8.21. The average Bonchev–Trinajstić information content (AvgIpc) is 3.46. The second-order valence-electron chi connectivity index (χ2n) is 8.21. The summed E-state index contributed by atoms with van der Waals surface area (Å²) in [6, 6.07) is 3.43. The lowest BCUT2D eigenvalue weighted by Gasteiger charge is -2.23. The Balaban J connectivity index is 1.38. The molecule has 3 aromatic rings. The third kappa shape index (κ3) is 3.10. The van der Waals surface area contributed by atoms with E-state index in [0.717, 1.165) is 46.5 Å². The highest BCUT2D eigenvalue weighted by Crippen LogP contribution is 2.43. The Kier molecular flexibility index (Phi) is 4.09. The highest BCUT2D eigenvalue weighted by Gasteiger charge is 2.47. The Morgan fingerprint density at radius 3 is 2.90 bits per heavy atom. The molecule has 1 saturated heterocycles. The summed E-state index contributed by atoms with van der Waals surface area (Å²) in [7, 11) is 0. The van der Waals surface area contributed by atoms with Crippen molar-refractivity contribution in [2.24, 2.45) is 0 Å². The summed E-state index contributed by atoms with van der Waals surface area (Å²) >= 11 is 0. The van der Waals surface area contributed by atoms with Crippen molar-refractivity contribution in [1.82, 2.24) is 30.0 Å². The summed E-state index contributed by atoms with van der Waals surface area (Å²) in [5.41, 5.74) is 4.45. The van der Waals surface area contributed by atoms with Gasteiger partial charge in [0.1, 0.15) is 12.2 Å². The molecule has 30 heavy (non-hydrogen) atoms. The number of aromatic nitrogens is 4. The number of amides is 2. The summed E-state index contributed by atoms with van der Waals surface area (Å²) < 4.78 is 39.2. The molecule has 0 bridgehead atoms. The number of carbonyl (C=O) groups is 1. The first kappa shape index (κ1) is 19.0. The maximum Gasteiger partial charge on any atom is 0.405 e. The molecule has 10 heteroatoms. The smallest absolute Gasteiger partial charge is 0.346 e. The molecule has 1 spiro atoms. The van der Waals surface area contributed by atoms with Gasteiger partial charge in [-0.15, -0.1) is 0 Å². The fourth-order valence-electron chi connectivity index (χ4n) is 4.62. The normalized spacial score (nSPS) is 21.0. The van der Waals surface area contributed by atoms with Gasteiger partial charge in [0.05, 0.1) is 5.69 Å². The van der Waals surface area contributed by atoms with Gasteiger partial charge in [0, 0.05) is 54.1 Å². The van der Waals surface area contributed by atoms with Gasteiger partial charge in [0.25, 0.3) is 0 Å². The van der Waals surface area contributed by atoms with Gasteiger partial charge in [-0.1, -0.05) is 0 Å². The molecular formula is C20H21F3N6O. The van der Waals surface area contributed by atoms with Crippen LogP contribution in [0.5, 0.6) is 0 Å². The Morgan fingerprint density at radius 1 is 1.30 bits per heavy atom. The number of rotatable bonds is 2. The average molecular weight is 418 g/mol. The largest absolute Gasteiger partial charge is 0.405 e. The number of urea groups is 1. The van der Waals surface area contributed by atoms with Gasteiger partial charge in [-0.05, 0) is 37.5 Å². The monoisotopic (exact) mass is 418 g/mol. The van der Waals surface area contributed by atoms with Crippen molar-refractivity contribution < 1.29 is 18.0 Å². The number of aryl methyl sites for hydroxylation is 2. The molecule has 0 aliphatic carbocycles. The van der Waals surface area contributed by atoms with Gasteiger partial charge in [0.2, 0.25) is 0 Å². The number of halogens is 3. The van der Waals surface area contributed by atoms with E-state index in [4.69, 9.17) is 5.10 Å². The predicted octanol–water partition coefficient (Wildman–Crippen LogP) is 3.35. The number of pyridine rings is 1. The number of likely N-dealkylation sites (tertiary alicyclic amines) is 1. The summed E-state index contributed by atoms with van der Waals surface area (Å²) in [6.07, 6.45) is 0.828. The minimum Gasteiger partial charge on any atom is -0.346 e. The van der Waals surface area contributed by atoms with Gasteiger partial charge < -0.3 is 15.2 Å². The first-order chi connectivity index (χ1) is 14.2. The molecule has 2 aliphatic heterocycles. The topological polar surface area (TPSA) is 78.8 Å². The molecule has 0 saturated carbocycles. The number of nitrogens with one attached hydrogen (secondary N) is 2. The zero-order chi connectivity index (χ0) is 21.1. The van der Waals surface area contributed by atoms with Gasteiger partial charge >= 0.3 is 12.2 Å². The molecule has 2 aliphatic rings. The highest BCUT2D eigenvalue weighted by atomic mass is 19.4. The summed E-state index contributed by atoms with van der Waals surface area (Å²) in [6.45, 7) is 2.26. The molecule has 1 unspecified atom stereocenters. The summed E-state index contributed by atoms with van der Waals surface area (Å²) in [5, 5.41) is 7.76. The minimum atomic E-state index is -4.42. The number of H-pyrrole nitrogens is 1. The Morgan fingerprint density at radius 2 is 2.10 bits per heavy atom. The van der Waals surface area contributed by atoms with Gasteiger partial charge in [-0.25, -0.2) is 9.78 Å². The first-order valence-electron chi connectivity index (χ1n) is 9.86. The van der Waals surface area contributed by atoms with Crippen LogP contribution in [0.15, 0.2) is 24.5 Å². The van der Waals surface area contributed by atoms with Gasteiger partial charge in [-0.3, -0.25) is 4.68 Å². The number of hydrogen-bond acceptors (Lipinski definition) is 3. The molecule has 1 atom stereocenters. The lowest BCUT2D eigenvalue weighted by atomic mass is 9.82. The molecule has 5 heterocycles. The van der Waals surface area contributed by atoms with E-state index >= 15 is 0 Å². The molecule has 158 valence electrons. The lowest BCUT2D eigenvalue weighted by molar-refractivity contribution is -0.123. The zero-order valence-electron chi connectivity index (χ0n) is 16.4. The van der Waals surface area contributed by atoms with E-state index in [1.165, 1.54) is 4.90 Å². The fourth-order valence-corrected chi connectivity index (χ4v) is 4.62. The summed E-state index contributed by atoms with van der Waals surface area (Å²) in [4.78, 5) is 21.3. The molecule has 0 radical (unpaired) electrons. The SMILES string of the molecule is Cc1c[nH]c2ncc(-c3cc4n(n3)CCC43CCN(C(=O)NCC(F)(F)F)C3)cc12. The van der Waals surface area contributed by atoms with Crippen molar-refractivity contribution in [2.45, 2.75) is 37.9 Å². The molecule has 3 aromatic heterocycles. The molecule has 2 N–H and O–H groups in total. The Labute approximate surface area is 170 Å². The molecule has 2 amide bonds. The van der Waals surface area contributed by atoms with E-state index in [1.54, 1.807) is 6.20 Å². The standard InChI is InChI=1S/C20H21F3N6O/c1-12-8-24-17-14(12)6-13(9-25-17)15-7-16-19(3-5-29(16)27-15)2-4-28(11-19)18(30)26-10-20(21,22)23/h6-9H,2-5,10-11H2,1H3,(H,24,25)(H,26,30). The van der Waals surface area contributed by atoms with Crippen molar-refractivity contribution in [3.05, 3.63) is 35.8 Å². The van der Waals surface area contributed by atoms with E-state index < -0.39 is 18.8 Å². The molecule has 0 aromatic carbocycles. The number of fused-ring (bicyclic) bond motifs is 3. The second kappa shape index (κ2) is 6.48. The van der Waals surface area contributed by atoms with Crippen molar-refractivity contribution >= 4 is 17.1 Å². The quantitative estimate of drug-likeness (QED) is 0.670. The number of aromatic amines is 1. The van der Waals surface area contributed by atoms with Crippen LogP contribution in [-0.4, -0.2) is 56.5 Å². The number of alkyl halides is 3. The Bertz CT molecular complexity index is 1130. The van der Waals surface area contributed by atoms with E-state index in [0.29, 0.717) is 19.5 Å². The van der Waals surface area contributed by atoms with Crippen LogP contribution in [0.4, 0.5) is 18.0 Å². The molecule has 5 rings (SSSR count). The third-order valence-corrected chi connectivity index (χ3v) is 6.24. The van der Waals surface area contributed by atoms with Crippen LogP contribution < -0.4 is 5.32 Å². The first-order valence-corrected chi connectivity index (χ1v) is 9.86.